The summed E-state index contributed by atoms with van der Waals surface area (Å²) in [7, 11) is -2.96. The van der Waals surface area contributed by atoms with Gasteiger partial charge in [-0.3, -0.25) is 4.98 Å². The fourth-order valence-electron chi connectivity index (χ4n) is 2.00. The zero-order valence-electron chi connectivity index (χ0n) is 12.7. The van der Waals surface area contributed by atoms with Crippen LogP contribution in [0.15, 0.2) is 36.5 Å². The van der Waals surface area contributed by atoms with E-state index in [2.05, 4.69) is 4.98 Å². The van der Waals surface area contributed by atoms with Crippen LogP contribution in [0.1, 0.15) is 12.0 Å². The molecule has 2 rings (SSSR count). The Bertz CT molecular complexity index is 760. The van der Waals surface area contributed by atoms with Crippen LogP contribution in [0.2, 0.25) is 5.02 Å². The number of benzene rings is 1. The number of ether oxygens (including phenoxy) is 1. The molecule has 0 unspecified atom stereocenters. The van der Waals surface area contributed by atoms with Gasteiger partial charge in [-0.25, -0.2) is 8.42 Å². The molecule has 5 nitrogen and oxygen atoms in total. The van der Waals surface area contributed by atoms with E-state index in [0.29, 0.717) is 29.5 Å². The van der Waals surface area contributed by atoms with Crippen LogP contribution in [0.25, 0.3) is 11.3 Å². The Morgan fingerprint density at radius 2 is 2.04 bits per heavy atom. The number of aliphatic hydroxyl groups excluding tert-OH is 1. The number of rotatable bonds is 7. The Balaban J connectivity index is 2.02. The molecule has 1 aromatic heterocycles. The minimum Gasteiger partial charge on any atom is -0.492 e. The maximum Gasteiger partial charge on any atom is 0.147 e. The van der Waals surface area contributed by atoms with Crippen molar-refractivity contribution in [1.29, 1.82) is 0 Å². The van der Waals surface area contributed by atoms with Gasteiger partial charge in [-0.05, 0) is 36.2 Å². The number of nitrogens with zero attached hydrogens (tertiary/aromatic N) is 1. The van der Waals surface area contributed by atoms with E-state index in [-0.39, 0.29) is 12.4 Å². The number of hydrogen-bond acceptors (Lipinski definition) is 5. The molecule has 0 bridgehead atoms. The number of aromatic nitrogens is 1. The van der Waals surface area contributed by atoms with Crippen molar-refractivity contribution in [2.45, 2.75) is 13.0 Å². The van der Waals surface area contributed by atoms with Crippen LogP contribution in [0.4, 0.5) is 0 Å². The lowest BCUT2D eigenvalue weighted by Crippen LogP contribution is -2.08. The molecule has 0 saturated carbocycles. The van der Waals surface area contributed by atoms with Crippen molar-refractivity contribution in [2.75, 3.05) is 18.6 Å². The van der Waals surface area contributed by atoms with Crippen molar-refractivity contribution in [3.05, 3.63) is 47.1 Å². The Kier molecular flexibility index (Phi) is 5.98. The van der Waals surface area contributed by atoms with Gasteiger partial charge in [0.2, 0.25) is 0 Å². The smallest absolute Gasteiger partial charge is 0.147 e. The predicted molar refractivity (Wildman–Crippen MR) is 90.4 cm³/mol. The summed E-state index contributed by atoms with van der Waals surface area (Å²) >= 11 is 6.16. The standard InChI is InChI=1S/C16H18ClNO4S/c1-23(20,21)8-2-7-22-13-4-6-16(18-10-13)14-9-12(11-19)3-5-15(14)17/h3-6,9-10,19H,2,7-8,11H2,1H3. The molecule has 0 spiro atoms. The highest BCUT2D eigenvalue weighted by Gasteiger charge is 2.07. The second-order valence-corrected chi connectivity index (χ2v) is 7.85. The van der Waals surface area contributed by atoms with Gasteiger partial charge in [0.1, 0.15) is 15.6 Å². The molecule has 0 saturated heterocycles. The molecule has 1 N–H and O–H groups in total. The van der Waals surface area contributed by atoms with Crippen LogP contribution in [0, 0.1) is 0 Å². The van der Waals surface area contributed by atoms with E-state index in [4.69, 9.17) is 16.3 Å². The Hall–Kier alpha value is -1.63. The third-order valence-corrected chi connectivity index (χ3v) is 4.51. The maximum absolute atomic E-state index is 11.0. The van der Waals surface area contributed by atoms with Crippen molar-refractivity contribution >= 4 is 21.4 Å². The third-order valence-electron chi connectivity index (χ3n) is 3.15. The molecule has 7 heteroatoms. The van der Waals surface area contributed by atoms with E-state index >= 15 is 0 Å². The molecule has 0 aliphatic heterocycles. The first-order valence-electron chi connectivity index (χ1n) is 7.05. The highest BCUT2D eigenvalue weighted by Crippen LogP contribution is 2.28. The van der Waals surface area contributed by atoms with Crippen molar-refractivity contribution in [3.8, 4) is 17.0 Å². The monoisotopic (exact) mass is 355 g/mol. The highest BCUT2D eigenvalue weighted by molar-refractivity contribution is 7.90. The zero-order valence-corrected chi connectivity index (χ0v) is 14.3. The summed E-state index contributed by atoms with van der Waals surface area (Å²) in [6.07, 6.45) is 3.20. The van der Waals surface area contributed by atoms with Gasteiger partial charge in [-0.2, -0.15) is 0 Å². The van der Waals surface area contributed by atoms with Crippen LogP contribution in [0.3, 0.4) is 0 Å². The minimum atomic E-state index is -2.96. The fourth-order valence-corrected chi connectivity index (χ4v) is 2.86. The molecular formula is C16H18ClNO4S. The SMILES string of the molecule is CS(=O)(=O)CCCOc1ccc(-c2cc(CO)ccc2Cl)nc1. The normalized spacial score (nSPS) is 11.4. The average Bonchev–Trinajstić information content (AvgIpc) is 2.52. The zero-order chi connectivity index (χ0) is 16.9. The topological polar surface area (TPSA) is 76.5 Å². The van der Waals surface area contributed by atoms with Crippen molar-refractivity contribution in [3.63, 3.8) is 0 Å². The summed E-state index contributed by atoms with van der Waals surface area (Å²) in [5.74, 6) is 0.666. The van der Waals surface area contributed by atoms with Crippen LogP contribution in [0.5, 0.6) is 5.75 Å². The van der Waals surface area contributed by atoms with Gasteiger partial charge in [0.05, 0.1) is 30.9 Å². The lowest BCUT2D eigenvalue weighted by Gasteiger charge is -2.08. The lowest BCUT2D eigenvalue weighted by molar-refractivity contribution is 0.282. The molecule has 0 fully saturated rings. The minimum absolute atomic E-state index is 0.0638. The van der Waals surface area contributed by atoms with Crippen molar-refractivity contribution < 1.29 is 18.3 Å². The quantitative estimate of drug-likeness (QED) is 0.773. The lowest BCUT2D eigenvalue weighted by atomic mass is 10.1. The third kappa shape index (κ3) is 5.49. The van der Waals surface area contributed by atoms with Gasteiger partial charge in [0, 0.05) is 16.8 Å². The number of hydrogen-bond donors (Lipinski definition) is 1. The molecule has 0 aliphatic carbocycles. The molecule has 124 valence electrons. The van der Waals surface area contributed by atoms with Crippen molar-refractivity contribution in [2.24, 2.45) is 0 Å². The van der Waals surface area contributed by atoms with E-state index in [1.165, 1.54) is 6.26 Å². The molecule has 23 heavy (non-hydrogen) atoms. The van der Waals surface area contributed by atoms with Gasteiger partial charge in [0.15, 0.2) is 0 Å². The second-order valence-electron chi connectivity index (χ2n) is 5.18. The van der Waals surface area contributed by atoms with Gasteiger partial charge >= 0.3 is 0 Å². The molecular weight excluding hydrogens is 338 g/mol. The molecule has 0 radical (unpaired) electrons. The second kappa shape index (κ2) is 7.77. The molecule has 1 aromatic carbocycles. The fraction of sp³-hybridized carbons (Fsp3) is 0.312. The molecule has 0 atom stereocenters. The molecule has 1 heterocycles. The Morgan fingerprint density at radius 1 is 1.26 bits per heavy atom. The van der Waals surface area contributed by atoms with Gasteiger partial charge in [0.25, 0.3) is 0 Å². The van der Waals surface area contributed by atoms with Gasteiger partial charge in [-0.15, -0.1) is 0 Å². The number of sulfone groups is 1. The summed E-state index contributed by atoms with van der Waals surface area (Å²) in [6, 6.07) is 8.79. The largest absolute Gasteiger partial charge is 0.492 e. The average molecular weight is 356 g/mol. The van der Waals surface area contributed by atoms with E-state index in [1.807, 2.05) is 0 Å². The summed E-state index contributed by atoms with van der Waals surface area (Å²) in [4.78, 5) is 4.30. The summed E-state index contributed by atoms with van der Waals surface area (Å²) in [5.41, 5.74) is 2.17. The first-order chi connectivity index (χ1) is 10.9. The van der Waals surface area contributed by atoms with E-state index in [0.717, 1.165) is 11.1 Å². The van der Waals surface area contributed by atoms with Gasteiger partial charge < -0.3 is 9.84 Å². The van der Waals surface area contributed by atoms with E-state index in [1.54, 1.807) is 36.5 Å². The number of aliphatic hydroxyl groups is 1. The van der Waals surface area contributed by atoms with Gasteiger partial charge in [-0.1, -0.05) is 17.7 Å². The summed E-state index contributed by atoms with van der Waals surface area (Å²) in [6.45, 7) is 0.251. The van der Waals surface area contributed by atoms with E-state index < -0.39 is 9.84 Å². The van der Waals surface area contributed by atoms with Crippen LogP contribution in [-0.2, 0) is 16.4 Å². The predicted octanol–water partition coefficient (Wildman–Crippen LogP) is 2.71. The first kappa shape index (κ1) is 17.7. The first-order valence-corrected chi connectivity index (χ1v) is 9.49. The molecule has 2 aromatic rings. The summed E-state index contributed by atoms with van der Waals surface area (Å²) < 4.78 is 27.5. The number of halogens is 1. The molecule has 0 amide bonds. The van der Waals surface area contributed by atoms with Crippen molar-refractivity contribution in [1.82, 2.24) is 4.98 Å². The Labute approximate surface area is 140 Å². The Morgan fingerprint density at radius 3 is 2.65 bits per heavy atom. The highest BCUT2D eigenvalue weighted by atomic mass is 35.5. The van der Waals surface area contributed by atoms with Crippen LogP contribution >= 0.6 is 11.6 Å². The van der Waals surface area contributed by atoms with E-state index in [9.17, 15) is 13.5 Å². The maximum atomic E-state index is 11.0. The van der Waals surface area contributed by atoms with Crippen LogP contribution in [-0.4, -0.2) is 37.1 Å². The summed E-state index contributed by atoms with van der Waals surface area (Å²) in [5, 5.41) is 9.75. The molecule has 0 aliphatic rings. The van der Waals surface area contributed by atoms with Crippen LogP contribution < -0.4 is 4.74 Å². The number of pyridine rings is 1.